The molecule has 1 aromatic heterocycles. The molecule has 0 atom stereocenters. The van der Waals surface area contributed by atoms with Crippen LogP contribution < -0.4 is 5.32 Å². The van der Waals surface area contributed by atoms with Crippen LogP contribution in [0.5, 0.6) is 0 Å². The molecule has 2 rings (SSSR count). The Labute approximate surface area is 118 Å². The molecule has 2 aromatic rings. The molecule has 0 aliphatic heterocycles. The molecule has 0 aliphatic carbocycles. The van der Waals surface area contributed by atoms with Crippen LogP contribution in [0.25, 0.3) is 0 Å². The predicted molar refractivity (Wildman–Crippen MR) is 75.8 cm³/mol. The van der Waals surface area contributed by atoms with Crippen LogP contribution in [-0.2, 0) is 29.5 Å². The lowest BCUT2D eigenvalue weighted by molar-refractivity contribution is 0.572. The minimum absolute atomic E-state index is 0.340. The summed E-state index contributed by atoms with van der Waals surface area (Å²) in [6.07, 6.45) is 2.75. The van der Waals surface area contributed by atoms with Gasteiger partial charge in [-0.25, -0.2) is 18.1 Å². The zero-order chi connectivity index (χ0) is 14.6. The first kappa shape index (κ1) is 14.7. The van der Waals surface area contributed by atoms with Gasteiger partial charge in [0.2, 0.25) is 0 Å². The number of aryl methyl sites for hydroxylation is 1. The van der Waals surface area contributed by atoms with E-state index in [0.717, 1.165) is 17.9 Å². The third-order valence-corrected chi connectivity index (χ3v) is 4.09. The molecule has 0 fully saturated rings. The number of nitrogens with zero attached hydrogens (tertiary/aromatic N) is 3. The molecule has 20 heavy (non-hydrogen) atoms. The third-order valence-electron chi connectivity index (χ3n) is 2.96. The van der Waals surface area contributed by atoms with Crippen molar-refractivity contribution < 1.29 is 8.42 Å². The first-order valence-corrected chi connectivity index (χ1v) is 8.26. The fraction of sp³-hybridized carbons (Fsp3) is 0.385. The minimum Gasteiger partial charge on any atom is -0.306 e. The Kier molecular flexibility index (Phi) is 4.51. The van der Waals surface area contributed by atoms with Gasteiger partial charge < -0.3 is 5.32 Å². The molecule has 0 spiro atoms. The Balaban J connectivity index is 1.92. The number of sulfone groups is 1. The summed E-state index contributed by atoms with van der Waals surface area (Å²) < 4.78 is 24.5. The van der Waals surface area contributed by atoms with E-state index < -0.39 is 9.84 Å². The first-order chi connectivity index (χ1) is 9.50. The third kappa shape index (κ3) is 3.64. The lowest BCUT2D eigenvalue weighted by Gasteiger charge is -2.06. The highest BCUT2D eigenvalue weighted by Crippen LogP contribution is 2.10. The zero-order valence-electron chi connectivity index (χ0n) is 11.6. The number of nitrogens with one attached hydrogen (secondary N) is 1. The van der Waals surface area contributed by atoms with E-state index in [-0.39, 0.29) is 0 Å². The van der Waals surface area contributed by atoms with Gasteiger partial charge in [-0.1, -0.05) is 12.1 Å². The van der Waals surface area contributed by atoms with Crippen molar-refractivity contribution in [3.63, 3.8) is 0 Å². The molecule has 6 nitrogen and oxygen atoms in total. The normalized spacial score (nSPS) is 11.7. The number of rotatable bonds is 6. The average Bonchev–Trinajstić information content (AvgIpc) is 2.86. The number of aromatic nitrogens is 3. The quantitative estimate of drug-likeness (QED) is 0.860. The van der Waals surface area contributed by atoms with Crippen molar-refractivity contribution in [3.8, 4) is 0 Å². The maximum absolute atomic E-state index is 11.4. The van der Waals surface area contributed by atoms with Crippen LogP contribution in [-0.4, -0.2) is 29.4 Å². The maximum atomic E-state index is 11.4. The molecule has 0 amide bonds. The summed E-state index contributed by atoms with van der Waals surface area (Å²) in [6.45, 7) is 4.09. The summed E-state index contributed by atoms with van der Waals surface area (Å²) in [7, 11) is -3.13. The molecule has 1 heterocycles. The Hall–Kier alpha value is -1.73. The molecule has 0 radical (unpaired) electrons. The Morgan fingerprint density at radius 3 is 2.50 bits per heavy atom. The first-order valence-electron chi connectivity index (χ1n) is 6.37. The maximum Gasteiger partial charge on any atom is 0.175 e. The largest absolute Gasteiger partial charge is 0.306 e. The van der Waals surface area contributed by atoms with Crippen LogP contribution in [0.15, 0.2) is 35.5 Å². The van der Waals surface area contributed by atoms with Crippen LogP contribution in [0, 0.1) is 0 Å². The molecule has 0 saturated carbocycles. The highest BCUT2D eigenvalue weighted by atomic mass is 32.2. The fourth-order valence-corrected chi connectivity index (χ4v) is 2.49. The summed E-state index contributed by atoms with van der Waals surface area (Å²) in [5, 5.41) is 7.36. The Morgan fingerprint density at radius 1 is 1.20 bits per heavy atom. The van der Waals surface area contributed by atoms with E-state index in [9.17, 15) is 8.42 Å². The number of hydrogen-bond donors (Lipinski definition) is 1. The predicted octanol–water partition coefficient (Wildman–Crippen LogP) is 0.991. The number of benzene rings is 1. The summed E-state index contributed by atoms with van der Waals surface area (Å²) in [6, 6.07) is 6.88. The molecule has 108 valence electrons. The van der Waals surface area contributed by atoms with Gasteiger partial charge in [0.15, 0.2) is 9.84 Å². The molecule has 1 N–H and O–H groups in total. The van der Waals surface area contributed by atoms with Gasteiger partial charge in [-0.3, -0.25) is 0 Å². The van der Waals surface area contributed by atoms with E-state index in [4.69, 9.17) is 0 Å². The van der Waals surface area contributed by atoms with Crippen LogP contribution >= 0.6 is 0 Å². The van der Waals surface area contributed by atoms with Crippen molar-refractivity contribution in [2.24, 2.45) is 0 Å². The van der Waals surface area contributed by atoms with Gasteiger partial charge in [0.25, 0.3) is 0 Å². The van der Waals surface area contributed by atoms with Gasteiger partial charge in [0.05, 0.1) is 11.4 Å². The lowest BCUT2D eigenvalue weighted by Crippen LogP contribution is -2.17. The van der Waals surface area contributed by atoms with Gasteiger partial charge in [-0.15, -0.1) is 0 Å². The summed E-state index contributed by atoms with van der Waals surface area (Å²) in [5.41, 5.74) is 1.03. The highest BCUT2D eigenvalue weighted by molar-refractivity contribution is 7.90. The van der Waals surface area contributed by atoms with Gasteiger partial charge in [-0.05, 0) is 24.6 Å². The van der Waals surface area contributed by atoms with Crippen molar-refractivity contribution in [1.29, 1.82) is 0 Å². The molecule has 0 saturated heterocycles. The van der Waals surface area contributed by atoms with Crippen molar-refractivity contribution in [1.82, 2.24) is 20.1 Å². The van der Waals surface area contributed by atoms with Gasteiger partial charge in [0, 0.05) is 19.3 Å². The van der Waals surface area contributed by atoms with Gasteiger partial charge in [-0.2, -0.15) is 5.10 Å². The molecule has 0 bridgehead atoms. The molecule has 7 heteroatoms. The summed E-state index contributed by atoms with van der Waals surface area (Å²) in [5.74, 6) is 0.889. The Bertz CT molecular complexity index is 662. The number of hydrogen-bond acceptors (Lipinski definition) is 5. The fourth-order valence-electron chi connectivity index (χ4n) is 1.86. The highest BCUT2D eigenvalue weighted by Gasteiger charge is 2.06. The van der Waals surface area contributed by atoms with E-state index in [0.29, 0.717) is 18.0 Å². The Morgan fingerprint density at radius 2 is 1.90 bits per heavy atom. The van der Waals surface area contributed by atoms with Crippen LogP contribution in [0.1, 0.15) is 18.3 Å². The minimum atomic E-state index is -3.13. The second-order valence-electron chi connectivity index (χ2n) is 4.51. The second kappa shape index (κ2) is 6.15. The smallest absolute Gasteiger partial charge is 0.175 e. The monoisotopic (exact) mass is 294 g/mol. The van der Waals surface area contributed by atoms with Crippen molar-refractivity contribution >= 4 is 9.84 Å². The molecular weight excluding hydrogens is 276 g/mol. The van der Waals surface area contributed by atoms with Gasteiger partial charge >= 0.3 is 0 Å². The van der Waals surface area contributed by atoms with E-state index in [1.807, 2.05) is 23.7 Å². The van der Waals surface area contributed by atoms with Crippen LogP contribution in [0.2, 0.25) is 0 Å². The second-order valence-corrected chi connectivity index (χ2v) is 6.53. The van der Waals surface area contributed by atoms with E-state index in [1.165, 1.54) is 6.26 Å². The zero-order valence-corrected chi connectivity index (χ0v) is 12.4. The van der Waals surface area contributed by atoms with Crippen molar-refractivity contribution in [2.75, 3.05) is 6.26 Å². The average molecular weight is 294 g/mol. The molecule has 1 aromatic carbocycles. The van der Waals surface area contributed by atoms with E-state index in [2.05, 4.69) is 15.4 Å². The molecule has 0 unspecified atom stereocenters. The lowest BCUT2D eigenvalue weighted by atomic mass is 10.2. The summed E-state index contributed by atoms with van der Waals surface area (Å²) in [4.78, 5) is 4.51. The summed E-state index contributed by atoms with van der Waals surface area (Å²) >= 11 is 0. The van der Waals surface area contributed by atoms with E-state index >= 15 is 0 Å². The topological polar surface area (TPSA) is 76.9 Å². The van der Waals surface area contributed by atoms with Crippen LogP contribution in [0.4, 0.5) is 0 Å². The molecular formula is C13H18N4O2S. The molecule has 0 aliphatic rings. The van der Waals surface area contributed by atoms with Crippen molar-refractivity contribution in [2.45, 2.75) is 31.5 Å². The van der Waals surface area contributed by atoms with E-state index in [1.54, 1.807) is 18.5 Å². The van der Waals surface area contributed by atoms with Gasteiger partial charge in [0.1, 0.15) is 12.2 Å². The SMILES string of the molecule is CCn1ncnc1CNCc1ccc(S(C)(=O)=O)cc1. The standard InChI is InChI=1S/C13H18N4O2S/c1-3-17-13(15-10-16-17)9-14-8-11-4-6-12(7-5-11)20(2,18)19/h4-7,10,14H,3,8-9H2,1-2H3. The van der Waals surface area contributed by atoms with Crippen molar-refractivity contribution in [3.05, 3.63) is 42.0 Å². The van der Waals surface area contributed by atoms with Crippen LogP contribution in [0.3, 0.4) is 0 Å².